The van der Waals surface area contributed by atoms with Crippen molar-refractivity contribution in [2.75, 3.05) is 6.61 Å². The number of hydrogen-bond donors (Lipinski definition) is 0. The first-order valence-electron chi connectivity index (χ1n) is 5.93. The Hall–Kier alpha value is -2.37. The normalized spacial score (nSPS) is 11.2. The van der Waals surface area contributed by atoms with Crippen LogP contribution >= 0.6 is 0 Å². The number of nitriles is 1. The SMILES string of the molecule is CCOC(=O)Cc1cc(C#N)c(C(F)(F)F)c(OC(F)F)c1. The van der Waals surface area contributed by atoms with Gasteiger partial charge in [-0.05, 0) is 24.6 Å². The number of halogens is 5. The third kappa shape index (κ3) is 4.58. The molecule has 0 aliphatic rings. The third-order valence-corrected chi connectivity index (χ3v) is 2.44. The van der Waals surface area contributed by atoms with Gasteiger partial charge in [0.05, 0.1) is 24.7 Å². The highest BCUT2D eigenvalue weighted by Crippen LogP contribution is 2.40. The molecule has 0 saturated heterocycles. The van der Waals surface area contributed by atoms with Crippen molar-refractivity contribution >= 4 is 5.97 Å². The zero-order valence-corrected chi connectivity index (χ0v) is 11.2. The molecule has 0 unspecified atom stereocenters. The first kappa shape index (κ1) is 17.7. The predicted molar refractivity (Wildman–Crippen MR) is 63.1 cm³/mol. The summed E-state index contributed by atoms with van der Waals surface area (Å²) < 4.78 is 71.7. The number of carbonyl (C=O) groups is 1. The minimum absolute atomic E-state index is 0.0466. The molecule has 0 bridgehead atoms. The van der Waals surface area contributed by atoms with Gasteiger partial charge in [-0.2, -0.15) is 27.2 Å². The summed E-state index contributed by atoms with van der Waals surface area (Å²) in [5.74, 6) is -1.98. The number of ether oxygens (including phenoxy) is 2. The van der Waals surface area contributed by atoms with E-state index in [0.717, 1.165) is 6.07 Å². The highest BCUT2D eigenvalue weighted by atomic mass is 19.4. The molecule has 1 aromatic carbocycles. The van der Waals surface area contributed by atoms with Gasteiger partial charge in [0.15, 0.2) is 0 Å². The van der Waals surface area contributed by atoms with Gasteiger partial charge in [-0.25, -0.2) is 0 Å². The highest BCUT2D eigenvalue weighted by molar-refractivity contribution is 5.73. The zero-order valence-electron chi connectivity index (χ0n) is 11.2. The Balaban J connectivity index is 3.35. The van der Waals surface area contributed by atoms with Gasteiger partial charge in [-0.1, -0.05) is 0 Å². The van der Waals surface area contributed by atoms with Crippen LogP contribution in [0.25, 0.3) is 0 Å². The first-order valence-corrected chi connectivity index (χ1v) is 5.93. The number of nitrogens with zero attached hydrogens (tertiary/aromatic N) is 1. The summed E-state index contributed by atoms with van der Waals surface area (Å²) >= 11 is 0. The summed E-state index contributed by atoms with van der Waals surface area (Å²) in [7, 11) is 0. The molecule has 0 N–H and O–H groups in total. The third-order valence-electron chi connectivity index (χ3n) is 2.44. The number of hydrogen-bond acceptors (Lipinski definition) is 4. The van der Waals surface area contributed by atoms with Gasteiger partial charge < -0.3 is 9.47 Å². The van der Waals surface area contributed by atoms with Crippen LogP contribution in [0.15, 0.2) is 12.1 Å². The minimum atomic E-state index is -5.06. The quantitative estimate of drug-likeness (QED) is 0.616. The number of esters is 1. The Kier molecular flexibility index (Phi) is 5.68. The van der Waals surface area contributed by atoms with Crippen LogP contribution in [0, 0.1) is 11.3 Å². The van der Waals surface area contributed by atoms with Crippen LogP contribution in [-0.4, -0.2) is 19.2 Å². The lowest BCUT2D eigenvalue weighted by atomic mass is 10.0. The fourth-order valence-corrected chi connectivity index (χ4v) is 1.72. The van der Waals surface area contributed by atoms with E-state index in [1.807, 2.05) is 0 Å². The summed E-state index contributed by atoms with van der Waals surface area (Å²) in [6.45, 7) is -1.94. The number of rotatable bonds is 5. The second kappa shape index (κ2) is 7.06. The summed E-state index contributed by atoms with van der Waals surface area (Å²) in [5, 5.41) is 8.79. The standard InChI is InChI=1S/C13H10F5NO3/c1-2-21-10(20)5-7-3-8(6-19)11(13(16,17)18)9(4-7)22-12(14)15/h3-4,12H,2,5H2,1H3. The lowest BCUT2D eigenvalue weighted by Gasteiger charge is -2.16. The number of carbonyl (C=O) groups excluding carboxylic acids is 1. The smallest absolute Gasteiger partial charge is 0.421 e. The lowest BCUT2D eigenvalue weighted by molar-refractivity contribution is -0.142. The van der Waals surface area contributed by atoms with E-state index in [2.05, 4.69) is 9.47 Å². The van der Waals surface area contributed by atoms with E-state index in [0.29, 0.717) is 6.07 Å². The van der Waals surface area contributed by atoms with Crippen molar-refractivity contribution in [3.8, 4) is 11.8 Å². The monoisotopic (exact) mass is 323 g/mol. The van der Waals surface area contributed by atoms with Crippen molar-refractivity contribution in [2.24, 2.45) is 0 Å². The van der Waals surface area contributed by atoms with Crippen LogP contribution < -0.4 is 4.74 Å². The van der Waals surface area contributed by atoms with Crippen molar-refractivity contribution < 1.29 is 36.2 Å². The van der Waals surface area contributed by atoms with E-state index >= 15 is 0 Å². The Morgan fingerprint density at radius 2 is 2.00 bits per heavy atom. The van der Waals surface area contributed by atoms with Gasteiger partial charge >= 0.3 is 18.8 Å². The molecular weight excluding hydrogens is 313 g/mol. The first-order chi connectivity index (χ1) is 10.2. The molecule has 4 nitrogen and oxygen atoms in total. The van der Waals surface area contributed by atoms with Gasteiger partial charge in [0.1, 0.15) is 11.3 Å². The molecule has 0 radical (unpaired) electrons. The van der Waals surface area contributed by atoms with Crippen molar-refractivity contribution in [3.05, 3.63) is 28.8 Å². The van der Waals surface area contributed by atoms with Crippen LogP contribution in [0.2, 0.25) is 0 Å². The molecule has 120 valence electrons. The van der Waals surface area contributed by atoms with Crippen LogP contribution in [-0.2, 0) is 22.1 Å². The maximum atomic E-state index is 12.9. The molecule has 0 fully saturated rings. The summed E-state index contributed by atoms with van der Waals surface area (Å²) in [6, 6.07) is 2.70. The molecule has 0 saturated carbocycles. The summed E-state index contributed by atoms with van der Waals surface area (Å²) in [6.07, 6.45) is -5.53. The fraction of sp³-hybridized carbons (Fsp3) is 0.385. The van der Waals surface area contributed by atoms with Gasteiger partial charge in [0.25, 0.3) is 0 Å². The van der Waals surface area contributed by atoms with Crippen LogP contribution in [0.1, 0.15) is 23.6 Å². The van der Waals surface area contributed by atoms with Crippen molar-refractivity contribution in [1.82, 2.24) is 0 Å². The molecule has 0 aliphatic heterocycles. The number of alkyl halides is 5. The zero-order chi connectivity index (χ0) is 16.9. The molecule has 22 heavy (non-hydrogen) atoms. The molecule has 0 aromatic heterocycles. The van der Waals surface area contributed by atoms with Gasteiger partial charge in [-0.3, -0.25) is 4.79 Å². The van der Waals surface area contributed by atoms with E-state index in [9.17, 15) is 26.7 Å². The van der Waals surface area contributed by atoms with E-state index in [1.165, 1.54) is 13.0 Å². The van der Waals surface area contributed by atoms with Crippen molar-refractivity contribution in [3.63, 3.8) is 0 Å². The topological polar surface area (TPSA) is 59.3 Å². The Morgan fingerprint density at radius 1 is 1.36 bits per heavy atom. The largest absolute Gasteiger partial charge is 0.466 e. The highest BCUT2D eigenvalue weighted by Gasteiger charge is 2.38. The summed E-state index contributed by atoms with van der Waals surface area (Å²) in [5.41, 5.74) is -2.62. The number of benzene rings is 1. The van der Waals surface area contributed by atoms with Crippen LogP contribution in [0.3, 0.4) is 0 Å². The van der Waals surface area contributed by atoms with Crippen LogP contribution in [0.4, 0.5) is 22.0 Å². The molecule has 0 heterocycles. The maximum absolute atomic E-state index is 12.9. The maximum Gasteiger partial charge on any atom is 0.421 e. The van der Waals surface area contributed by atoms with Gasteiger partial charge in [-0.15, -0.1) is 0 Å². The average Bonchev–Trinajstić information content (AvgIpc) is 2.35. The second-order valence-electron chi connectivity index (χ2n) is 3.99. The molecule has 0 aliphatic carbocycles. The van der Waals surface area contributed by atoms with E-state index < -0.39 is 42.1 Å². The Labute approximate surface area is 122 Å². The van der Waals surface area contributed by atoms with Crippen molar-refractivity contribution in [2.45, 2.75) is 26.1 Å². The molecule has 1 aromatic rings. The molecular formula is C13H10F5NO3. The van der Waals surface area contributed by atoms with Crippen LogP contribution in [0.5, 0.6) is 5.75 Å². The Bertz CT molecular complexity index is 593. The fourth-order valence-electron chi connectivity index (χ4n) is 1.72. The molecule has 0 amide bonds. The molecule has 0 spiro atoms. The van der Waals surface area contributed by atoms with E-state index in [-0.39, 0.29) is 12.2 Å². The predicted octanol–water partition coefficient (Wildman–Crippen LogP) is 3.28. The molecule has 1 rings (SSSR count). The van der Waals surface area contributed by atoms with Gasteiger partial charge in [0.2, 0.25) is 0 Å². The second-order valence-corrected chi connectivity index (χ2v) is 3.99. The molecule has 0 atom stereocenters. The van der Waals surface area contributed by atoms with E-state index in [1.54, 1.807) is 0 Å². The van der Waals surface area contributed by atoms with Gasteiger partial charge in [0, 0.05) is 0 Å². The van der Waals surface area contributed by atoms with E-state index in [4.69, 9.17) is 5.26 Å². The average molecular weight is 323 g/mol. The van der Waals surface area contributed by atoms with Crippen molar-refractivity contribution in [1.29, 1.82) is 5.26 Å². The minimum Gasteiger partial charge on any atom is -0.466 e. The Morgan fingerprint density at radius 3 is 2.45 bits per heavy atom. The summed E-state index contributed by atoms with van der Waals surface area (Å²) in [4.78, 5) is 11.3. The molecule has 9 heteroatoms. The lowest BCUT2D eigenvalue weighted by Crippen LogP contribution is -2.15.